The molecule has 14 heteroatoms. The summed E-state index contributed by atoms with van der Waals surface area (Å²) in [6.45, 7) is 10.8. The lowest BCUT2D eigenvalue weighted by atomic mass is 9.89. The van der Waals surface area contributed by atoms with E-state index in [9.17, 15) is 23.1 Å². The molecular weight excluding hydrogens is 556 g/mol. The topological polar surface area (TPSA) is 172 Å². The van der Waals surface area contributed by atoms with Gasteiger partial charge in [0.1, 0.15) is 24.1 Å². The number of fused-ring (bicyclic) bond motifs is 1. The summed E-state index contributed by atoms with van der Waals surface area (Å²) in [4.78, 5) is 32.6. The average Bonchev–Trinajstić information content (AvgIpc) is 3.54. The third kappa shape index (κ3) is 6.87. The molecule has 0 aliphatic carbocycles. The molecule has 0 bridgehead atoms. The summed E-state index contributed by atoms with van der Waals surface area (Å²) in [7, 11) is -3.91. The molecule has 4 rings (SSSR count). The Labute approximate surface area is 234 Å². The number of carboxylic acids is 1. The second-order valence-electron chi connectivity index (χ2n) is 9.51. The van der Waals surface area contributed by atoms with E-state index in [1.54, 1.807) is 48.7 Å². The Balaban J connectivity index is 1.43. The SMILES string of the molecule is [C-]#[N+]c1ccc(C[C@H](CC(=O)[C@@H](C(C)C)n2cc(COc3ccc4nc(S(N)(=O)=O)sc4c3)nn2)C(=O)O)cc1. The van der Waals surface area contributed by atoms with Gasteiger partial charge in [-0.3, -0.25) is 9.59 Å². The van der Waals surface area contributed by atoms with Crippen LogP contribution in [0.25, 0.3) is 15.1 Å². The number of rotatable bonds is 12. The van der Waals surface area contributed by atoms with Crippen LogP contribution in [-0.2, 0) is 32.6 Å². The van der Waals surface area contributed by atoms with E-state index in [1.807, 2.05) is 13.8 Å². The Hall–Kier alpha value is -4.19. The van der Waals surface area contributed by atoms with E-state index in [-0.39, 0.29) is 35.5 Å². The summed E-state index contributed by atoms with van der Waals surface area (Å²) < 4.78 is 30.7. The fourth-order valence-corrected chi connectivity index (χ4v) is 5.88. The zero-order valence-electron chi connectivity index (χ0n) is 21.6. The smallest absolute Gasteiger partial charge is 0.307 e. The van der Waals surface area contributed by atoms with E-state index in [0.717, 1.165) is 16.9 Å². The molecule has 12 nitrogen and oxygen atoms in total. The number of sulfonamides is 1. The Kier molecular flexibility index (Phi) is 8.58. The van der Waals surface area contributed by atoms with Crippen molar-refractivity contribution in [1.82, 2.24) is 20.0 Å². The highest BCUT2D eigenvalue weighted by Gasteiger charge is 2.30. The van der Waals surface area contributed by atoms with Crippen LogP contribution in [0.4, 0.5) is 5.69 Å². The number of ether oxygens (including phenoxy) is 1. The van der Waals surface area contributed by atoms with Crippen molar-refractivity contribution in [2.75, 3.05) is 0 Å². The number of carbonyl (C=O) groups excluding carboxylic acids is 1. The number of hydrogen-bond acceptors (Lipinski definition) is 9. The molecule has 40 heavy (non-hydrogen) atoms. The van der Waals surface area contributed by atoms with Crippen molar-refractivity contribution in [3.8, 4) is 5.75 Å². The number of Topliss-reactive ketones (excluding diaryl/α,β-unsaturated/α-hetero) is 1. The van der Waals surface area contributed by atoms with Gasteiger partial charge in [-0.15, -0.1) is 16.4 Å². The second-order valence-corrected chi connectivity index (χ2v) is 12.3. The first kappa shape index (κ1) is 28.8. The minimum atomic E-state index is -3.91. The van der Waals surface area contributed by atoms with Crippen LogP contribution in [0, 0.1) is 18.4 Å². The van der Waals surface area contributed by atoms with Gasteiger partial charge in [0.2, 0.25) is 4.34 Å². The van der Waals surface area contributed by atoms with Gasteiger partial charge in [-0.2, -0.15) is 0 Å². The Morgan fingerprint density at radius 2 is 1.93 bits per heavy atom. The summed E-state index contributed by atoms with van der Waals surface area (Å²) >= 11 is 0.936. The molecule has 0 unspecified atom stereocenters. The summed E-state index contributed by atoms with van der Waals surface area (Å²) in [5.41, 5.74) is 2.11. The average molecular weight is 583 g/mol. The molecule has 4 aromatic rings. The van der Waals surface area contributed by atoms with Crippen molar-refractivity contribution in [2.24, 2.45) is 17.0 Å². The summed E-state index contributed by atoms with van der Waals surface area (Å²) in [6, 6.07) is 10.8. The zero-order chi connectivity index (χ0) is 29.0. The predicted octanol–water partition coefficient (Wildman–Crippen LogP) is 3.76. The van der Waals surface area contributed by atoms with Crippen LogP contribution < -0.4 is 9.88 Å². The number of aromatic nitrogens is 4. The lowest BCUT2D eigenvalue weighted by Crippen LogP contribution is -2.29. The fraction of sp³-hybridized carbons (Fsp3) is 0.308. The van der Waals surface area contributed by atoms with Crippen molar-refractivity contribution in [1.29, 1.82) is 0 Å². The van der Waals surface area contributed by atoms with E-state index >= 15 is 0 Å². The molecule has 0 aliphatic heterocycles. The molecule has 0 amide bonds. The molecular formula is C26H26N6O6S2. The number of carboxylic acid groups (broad SMARTS) is 1. The second kappa shape index (κ2) is 11.9. The van der Waals surface area contributed by atoms with Crippen LogP contribution in [0.3, 0.4) is 0 Å². The van der Waals surface area contributed by atoms with Crippen molar-refractivity contribution >= 4 is 49.0 Å². The number of thiazole rings is 1. The van der Waals surface area contributed by atoms with Crippen molar-refractivity contribution in [3.63, 3.8) is 0 Å². The molecule has 0 spiro atoms. The van der Waals surface area contributed by atoms with Gasteiger partial charge in [-0.05, 0) is 36.1 Å². The van der Waals surface area contributed by atoms with Crippen LogP contribution in [0.5, 0.6) is 5.75 Å². The van der Waals surface area contributed by atoms with E-state index < -0.39 is 28.0 Å². The molecule has 2 aromatic heterocycles. The number of nitrogens with two attached hydrogens (primary N) is 1. The van der Waals surface area contributed by atoms with Gasteiger partial charge in [0.25, 0.3) is 10.0 Å². The molecule has 2 aromatic carbocycles. The van der Waals surface area contributed by atoms with E-state index in [0.29, 0.717) is 27.3 Å². The molecule has 0 radical (unpaired) electrons. The standard InChI is InChI=1S/C26H26N6O6S2/c1-15(2)24(22(33)11-17(25(34)35)10-16-4-6-18(28-3)7-5-16)32-13-19(30-31-32)14-38-20-8-9-21-23(12-20)39-26(29-21)40(27,36)37/h4-9,12-13,15,17,24H,10-11,14H2,1-2H3,(H,34,35)(H2,27,36,37)/t17-,24-/m1/s1. The summed E-state index contributed by atoms with van der Waals surface area (Å²) in [5.74, 6) is -2.02. The molecule has 208 valence electrons. The number of nitrogens with zero attached hydrogens (tertiary/aromatic N) is 5. The third-order valence-corrected chi connectivity index (χ3v) is 8.46. The van der Waals surface area contributed by atoms with Gasteiger partial charge in [-0.1, -0.05) is 43.3 Å². The monoisotopic (exact) mass is 582 g/mol. The normalized spacial score (nSPS) is 13.2. The maximum Gasteiger partial charge on any atom is 0.307 e. The van der Waals surface area contributed by atoms with Gasteiger partial charge >= 0.3 is 5.97 Å². The quantitative estimate of drug-likeness (QED) is 0.236. The first-order valence-corrected chi connectivity index (χ1v) is 14.5. The van der Waals surface area contributed by atoms with E-state index in [2.05, 4.69) is 20.1 Å². The number of primary sulfonamides is 1. The highest BCUT2D eigenvalue weighted by atomic mass is 32.2. The lowest BCUT2D eigenvalue weighted by Gasteiger charge is -2.21. The number of benzene rings is 2. The highest BCUT2D eigenvalue weighted by molar-refractivity contribution is 7.91. The molecule has 3 N–H and O–H groups in total. The zero-order valence-corrected chi connectivity index (χ0v) is 23.2. The fourth-order valence-electron chi connectivity index (χ4n) is 4.19. The number of aliphatic carboxylic acids is 1. The van der Waals surface area contributed by atoms with E-state index in [4.69, 9.17) is 16.4 Å². The van der Waals surface area contributed by atoms with E-state index in [1.165, 1.54) is 4.68 Å². The van der Waals surface area contributed by atoms with Gasteiger partial charge in [0, 0.05) is 6.42 Å². The van der Waals surface area contributed by atoms with Crippen molar-refractivity contribution < 1.29 is 27.9 Å². The molecule has 2 atom stereocenters. The Morgan fingerprint density at radius 3 is 2.55 bits per heavy atom. The summed E-state index contributed by atoms with van der Waals surface area (Å²) in [5, 5.41) is 23.1. The van der Waals surface area contributed by atoms with Crippen LogP contribution >= 0.6 is 11.3 Å². The van der Waals surface area contributed by atoms with Crippen LogP contribution in [0.15, 0.2) is 53.0 Å². The number of hydrogen-bond donors (Lipinski definition) is 2. The largest absolute Gasteiger partial charge is 0.487 e. The number of ketones is 1. The van der Waals surface area contributed by atoms with Gasteiger partial charge in [-0.25, -0.2) is 28.1 Å². The Morgan fingerprint density at radius 1 is 1.20 bits per heavy atom. The predicted molar refractivity (Wildman–Crippen MR) is 146 cm³/mol. The Bertz CT molecular complexity index is 1690. The van der Waals surface area contributed by atoms with Gasteiger partial charge in [0.05, 0.1) is 28.9 Å². The van der Waals surface area contributed by atoms with Crippen LogP contribution in [0.1, 0.15) is 37.6 Å². The van der Waals surface area contributed by atoms with Crippen LogP contribution in [-0.4, -0.2) is 45.3 Å². The molecule has 0 saturated heterocycles. The maximum absolute atomic E-state index is 13.3. The molecule has 0 saturated carbocycles. The minimum Gasteiger partial charge on any atom is -0.487 e. The summed E-state index contributed by atoms with van der Waals surface area (Å²) in [6.07, 6.45) is 1.55. The minimum absolute atomic E-state index is 0.0315. The van der Waals surface area contributed by atoms with Gasteiger partial charge in [0.15, 0.2) is 11.5 Å². The molecule has 0 aliphatic rings. The lowest BCUT2D eigenvalue weighted by molar-refractivity contribution is -0.144. The maximum atomic E-state index is 13.3. The first-order chi connectivity index (χ1) is 18.9. The van der Waals surface area contributed by atoms with Crippen molar-refractivity contribution in [3.05, 3.63) is 71.3 Å². The first-order valence-electron chi connectivity index (χ1n) is 12.1. The number of carbonyl (C=O) groups is 2. The molecule has 2 heterocycles. The third-order valence-electron chi connectivity index (χ3n) is 6.12. The van der Waals surface area contributed by atoms with Crippen LogP contribution in [0.2, 0.25) is 0 Å². The highest BCUT2D eigenvalue weighted by Crippen LogP contribution is 2.29. The van der Waals surface area contributed by atoms with Crippen molar-refractivity contribution in [2.45, 2.75) is 43.7 Å². The molecule has 0 fully saturated rings. The van der Waals surface area contributed by atoms with Gasteiger partial charge < -0.3 is 9.84 Å².